The SMILES string of the molecule is Cn1nc(C(F)(F)F)cc1-c1cccs1. The van der Waals surface area contributed by atoms with Gasteiger partial charge in [-0.25, -0.2) is 0 Å². The van der Waals surface area contributed by atoms with Gasteiger partial charge in [0.25, 0.3) is 0 Å². The first kappa shape index (κ1) is 10.2. The summed E-state index contributed by atoms with van der Waals surface area (Å²) in [6.07, 6.45) is -4.38. The molecule has 0 N–H and O–H groups in total. The lowest BCUT2D eigenvalue weighted by Crippen LogP contribution is -2.06. The van der Waals surface area contributed by atoms with Gasteiger partial charge in [0.15, 0.2) is 5.69 Å². The molecule has 0 saturated carbocycles. The maximum absolute atomic E-state index is 12.4. The summed E-state index contributed by atoms with van der Waals surface area (Å²) in [5.41, 5.74) is -0.370. The van der Waals surface area contributed by atoms with Gasteiger partial charge in [0.05, 0.1) is 10.6 Å². The molecule has 2 aromatic rings. The van der Waals surface area contributed by atoms with Crippen LogP contribution in [0.4, 0.5) is 13.2 Å². The Morgan fingerprint density at radius 1 is 1.40 bits per heavy atom. The molecular weight excluding hydrogens is 225 g/mol. The fourth-order valence-electron chi connectivity index (χ4n) is 1.26. The van der Waals surface area contributed by atoms with Crippen molar-refractivity contribution in [3.63, 3.8) is 0 Å². The fraction of sp³-hybridized carbons (Fsp3) is 0.222. The molecule has 2 rings (SSSR count). The predicted octanol–water partition coefficient (Wildman–Crippen LogP) is 3.17. The Morgan fingerprint density at radius 3 is 2.60 bits per heavy atom. The van der Waals surface area contributed by atoms with E-state index < -0.39 is 11.9 Å². The Labute approximate surface area is 88.0 Å². The third-order valence-corrected chi connectivity index (χ3v) is 2.84. The van der Waals surface area contributed by atoms with Crippen molar-refractivity contribution in [2.75, 3.05) is 0 Å². The molecule has 0 bridgehead atoms. The number of nitrogens with zero attached hydrogens (tertiary/aromatic N) is 2. The first-order valence-corrected chi connectivity index (χ1v) is 5.01. The van der Waals surface area contributed by atoms with Crippen LogP contribution in [0.1, 0.15) is 5.69 Å². The fourth-order valence-corrected chi connectivity index (χ4v) is 2.03. The highest BCUT2D eigenvalue weighted by atomic mass is 32.1. The minimum atomic E-state index is -4.38. The molecule has 0 aromatic carbocycles. The second-order valence-electron chi connectivity index (χ2n) is 3.01. The second-order valence-corrected chi connectivity index (χ2v) is 3.96. The molecule has 0 amide bonds. The van der Waals surface area contributed by atoms with E-state index in [2.05, 4.69) is 5.10 Å². The molecule has 2 nitrogen and oxygen atoms in total. The molecule has 80 valence electrons. The van der Waals surface area contributed by atoms with Crippen LogP contribution in [-0.2, 0) is 13.2 Å². The van der Waals surface area contributed by atoms with Crippen LogP contribution >= 0.6 is 11.3 Å². The molecule has 0 saturated heterocycles. The zero-order chi connectivity index (χ0) is 11.1. The minimum absolute atomic E-state index is 0.484. The van der Waals surface area contributed by atoms with Crippen molar-refractivity contribution in [1.29, 1.82) is 0 Å². The molecule has 0 unspecified atom stereocenters. The van der Waals surface area contributed by atoms with Crippen molar-refractivity contribution >= 4 is 11.3 Å². The summed E-state index contributed by atoms with van der Waals surface area (Å²) < 4.78 is 38.3. The second kappa shape index (κ2) is 3.37. The van der Waals surface area contributed by atoms with Crippen LogP contribution in [0.5, 0.6) is 0 Å². The smallest absolute Gasteiger partial charge is 0.267 e. The Balaban J connectivity index is 2.47. The Hall–Kier alpha value is -1.30. The van der Waals surface area contributed by atoms with Gasteiger partial charge in [0.1, 0.15) is 0 Å². The lowest BCUT2D eigenvalue weighted by atomic mass is 10.3. The van der Waals surface area contributed by atoms with E-state index in [-0.39, 0.29) is 0 Å². The lowest BCUT2D eigenvalue weighted by molar-refractivity contribution is -0.141. The van der Waals surface area contributed by atoms with Crippen LogP contribution in [0.2, 0.25) is 0 Å². The van der Waals surface area contributed by atoms with Gasteiger partial charge in [0.2, 0.25) is 0 Å². The summed E-state index contributed by atoms with van der Waals surface area (Å²) in [6, 6.07) is 4.62. The van der Waals surface area contributed by atoms with Crippen LogP contribution < -0.4 is 0 Å². The minimum Gasteiger partial charge on any atom is -0.267 e. The van der Waals surface area contributed by atoms with Crippen LogP contribution in [0, 0.1) is 0 Å². The monoisotopic (exact) mass is 232 g/mol. The Morgan fingerprint density at radius 2 is 2.13 bits per heavy atom. The molecule has 6 heteroatoms. The number of rotatable bonds is 1. The van der Waals surface area contributed by atoms with E-state index in [4.69, 9.17) is 0 Å². The topological polar surface area (TPSA) is 17.8 Å². The van der Waals surface area contributed by atoms with E-state index in [1.807, 2.05) is 5.38 Å². The predicted molar refractivity (Wildman–Crippen MR) is 51.5 cm³/mol. The molecule has 0 aliphatic rings. The van der Waals surface area contributed by atoms with E-state index in [9.17, 15) is 13.2 Å². The summed E-state index contributed by atoms with van der Waals surface area (Å²) in [6.45, 7) is 0. The van der Waals surface area contributed by atoms with E-state index >= 15 is 0 Å². The van der Waals surface area contributed by atoms with Crippen molar-refractivity contribution in [3.8, 4) is 10.6 Å². The third-order valence-electron chi connectivity index (χ3n) is 1.94. The number of hydrogen-bond acceptors (Lipinski definition) is 2. The molecule has 0 aliphatic carbocycles. The number of aryl methyl sites for hydroxylation is 1. The third kappa shape index (κ3) is 1.90. The molecule has 0 fully saturated rings. The van der Waals surface area contributed by atoms with Gasteiger partial charge >= 0.3 is 6.18 Å². The van der Waals surface area contributed by atoms with Crippen LogP contribution in [0.3, 0.4) is 0 Å². The summed E-state index contributed by atoms with van der Waals surface area (Å²) in [5, 5.41) is 5.25. The maximum Gasteiger partial charge on any atom is 0.435 e. The zero-order valence-electron chi connectivity index (χ0n) is 7.75. The summed E-state index contributed by atoms with van der Waals surface area (Å²) >= 11 is 1.39. The number of halogens is 3. The quantitative estimate of drug-likeness (QED) is 0.738. The van der Waals surface area contributed by atoms with E-state index in [1.54, 1.807) is 12.1 Å². The van der Waals surface area contributed by atoms with Gasteiger partial charge in [-0.05, 0) is 17.5 Å². The van der Waals surface area contributed by atoms with Crippen LogP contribution in [-0.4, -0.2) is 9.78 Å². The first-order valence-electron chi connectivity index (χ1n) is 4.13. The molecule has 15 heavy (non-hydrogen) atoms. The van der Waals surface area contributed by atoms with Gasteiger partial charge in [-0.3, -0.25) is 4.68 Å². The number of aromatic nitrogens is 2. The largest absolute Gasteiger partial charge is 0.435 e. The van der Waals surface area contributed by atoms with Crippen LogP contribution in [0.25, 0.3) is 10.6 Å². The van der Waals surface area contributed by atoms with E-state index in [0.717, 1.165) is 10.9 Å². The number of thiophene rings is 1. The molecule has 0 atom stereocenters. The molecule has 2 aromatic heterocycles. The highest BCUT2D eigenvalue weighted by molar-refractivity contribution is 7.13. The van der Waals surface area contributed by atoms with Crippen LogP contribution in [0.15, 0.2) is 23.6 Å². The molecule has 0 radical (unpaired) electrons. The van der Waals surface area contributed by atoms with Gasteiger partial charge in [-0.15, -0.1) is 11.3 Å². The van der Waals surface area contributed by atoms with E-state index in [1.165, 1.54) is 23.1 Å². The van der Waals surface area contributed by atoms with Crippen molar-refractivity contribution in [1.82, 2.24) is 9.78 Å². The lowest BCUT2D eigenvalue weighted by Gasteiger charge is -1.98. The summed E-state index contributed by atoms with van der Waals surface area (Å²) in [7, 11) is 1.50. The molecule has 0 aliphatic heterocycles. The normalized spacial score (nSPS) is 12.0. The van der Waals surface area contributed by atoms with Crippen molar-refractivity contribution < 1.29 is 13.2 Å². The highest BCUT2D eigenvalue weighted by Gasteiger charge is 2.34. The average Bonchev–Trinajstić information content (AvgIpc) is 2.69. The summed E-state index contributed by atoms with van der Waals surface area (Å²) in [5.74, 6) is 0. The molecule has 0 spiro atoms. The van der Waals surface area contributed by atoms with Gasteiger partial charge in [-0.1, -0.05) is 6.07 Å². The van der Waals surface area contributed by atoms with Gasteiger partial charge in [-0.2, -0.15) is 18.3 Å². The average molecular weight is 232 g/mol. The van der Waals surface area contributed by atoms with Crippen molar-refractivity contribution in [3.05, 3.63) is 29.3 Å². The maximum atomic E-state index is 12.4. The Bertz CT molecular complexity index is 456. The van der Waals surface area contributed by atoms with Gasteiger partial charge < -0.3 is 0 Å². The highest BCUT2D eigenvalue weighted by Crippen LogP contribution is 2.32. The van der Waals surface area contributed by atoms with Crippen molar-refractivity contribution in [2.24, 2.45) is 7.05 Å². The molecule has 2 heterocycles. The summed E-state index contributed by atoms with van der Waals surface area (Å²) in [4.78, 5) is 0.778. The first-order chi connectivity index (χ1) is 6.98. The number of alkyl halides is 3. The number of hydrogen-bond donors (Lipinski definition) is 0. The van der Waals surface area contributed by atoms with Crippen molar-refractivity contribution in [2.45, 2.75) is 6.18 Å². The molecular formula is C9H7F3N2S. The van der Waals surface area contributed by atoms with Gasteiger partial charge in [0, 0.05) is 7.05 Å². The zero-order valence-corrected chi connectivity index (χ0v) is 8.56. The standard InChI is InChI=1S/C9H7F3N2S/c1-14-6(7-3-2-4-15-7)5-8(13-14)9(10,11)12/h2-5H,1H3. The van der Waals surface area contributed by atoms with E-state index in [0.29, 0.717) is 5.69 Å². The Kier molecular flexibility index (Phi) is 2.30.